The molecule has 2 saturated carbocycles. The van der Waals surface area contributed by atoms with Crippen molar-refractivity contribution in [3.8, 4) is 0 Å². The molecule has 0 heterocycles. The summed E-state index contributed by atoms with van der Waals surface area (Å²) in [5.74, 6) is 3.50. The Balaban J connectivity index is 0.00000144. The van der Waals surface area contributed by atoms with Crippen LogP contribution >= 0.6 is 0 Å². The van der Waals surface area contributed by atoms with E-state index in [0.29, 0.717) is 6.10 Å². The van der Waals surface area contributed by atoms with Crippen molar-refractivity contribution >= 4 is 0 Å². The first-order valence-corrected chi connectivity index (χ1v) is 7.24. The van der Waals surface area contributed by atoms with E-state index in [-0.39, 0.29) is 18.9 Å². The summed E-state index contributed by atoms with van der Waals surface area (Å²) in [5, 5.41) is 0. The molecule has 17 heavy (non-hydrogen) atoms. The third-order valence-electron chi connectivity index (χ3n) is 4.48. The zero-order chi connectivity index (χ0) is 11.4. The maximum Gasteiger partial charge on any atom is 1.00 e. The Morgan fingerprint density at radius 1 is 1.24 bits per heavy atom. The first-order valence-electron chi connectivity index (χ1n) is 7.24. The number of rotatable bonds is 6. The zero-order valence-corrected chi connectivity index (χ0v) is 12.0. The fourth-order valence-corrected chi connectivity index (χ4v) is 3.41. The van der Waals surface area contributed by atoms with Gasteiger partial charge in [-0.15, -0.1) is 0 Å². The first-order chi connectivity index (χ1) is 7.86. The van der Waals surface area contributed by atoms with E-state index in [1.54, 1.807) is 5.92 Å². The molecule has 2 aliphatic rings. The van der Waals surface area contributed by atoms with Crippen LogP contribution in [0.15, 0.2) is 0 Å². The molecule has 0 aromatic carbocycles. The van der Waals surface area contributed by atoms with E-state index < -0.39 is 0 Å². The van der Waals surface area contributed by atoms with Crippen molar-refractivity contribution in [2.24, 2.45) is 11.8 Å². The van der Waals surface area contributed by atoms with Crippen LogP contribution in [-0.4, -0.2) is 13.2 Å². The third kappa shape index (κ3) is 4.30. The molecule has 2 fully saturated rings. The van der Waals surface area contributed by atoms with Crippen molar-refractivity contribution in [1.82, 2.24) is 0 Å². The molecule has 2 atom stereocenters. The fourth-order valence-electron chi connectivity index (χ4n) is 3.41. The molecule has 0 bridgehead atoms. The Morgan fingerprint density at radius 2 is 1.94 bits per heavy atom. The first kappa shape index (κ1) is 15.6. The van der Waals surface area contributed by atoms with Crippen LogP contribution in [0.4, 0.5) is 0 Å². The molecule has 0 spiro atoms. The molecule has 0 amide bonds. The van der Waals surface area contributed by atoms with Gasteiger partial charge in [0.1, 0.15) is 0 Å². The second-order valence-electron chi connectivity index (χ2n) is 5.67. The summed E-state index contributed by atoms with van der Waals surface area (Å²) in [6.07, 6.45) is 13.2. The number of hydrogen-bond donors (Lipinski definition) is 0. The molecule has 2 heteroatoms. The largest absolute Gasteiger partial charge is 1.00 e. The monoisotopic (exact) mass is 230 g/mol. The van der Waals surface area contributed by atoms with E-state index in [1.807, 2.05) is 7.11 Å². The summed E-state index contributed by atoms with van der Waals surface area (Å²) in [4.78, 5) is 0. The summed E-state index contributed by atoms with van der Waals surface area (Å²) >= 11 is 0. The van der Waals surface area contributed by atoms with Gasteiger partial charge in [-0.1, -0.05) is 39.0 Å². The molecular weight excluding hydrogens is 203 g/mol. The Kier molecular flexibility index (Phi) is 7.23. The number of methoxy groups -OCH3 is 1. The van der Waals surface area contributed by atoms with Crippen LogP contribution in [0, 0.1) is 17.8 Å². The van der Waals surface area contributed by atoms with Crippen molar-refractivity contribution in [2.45, 2.75) is 70.8 Å². The summed E-state index contributed by atoms with van der Waals surface area (Å²) in [5.41, 5.74) is 0. The van der Waals surface area contributed by atoms with Gasteiger partial charge in [0.15, 0.2) is 0 Å². The summed E-state index contributed by atoms with van der Waals surface area (Å²) in [6.45, 7) is 2.28. The molecule has 0 aromatic heterocycles. The van der Waals surface area contributed by atoms with Gasteiger partial charge in [0, 0.05) is 13.2 Å². The van der Waals surface area contributed by atoms with E-state index in [1.165, 1.54) is 57.8 Å². The smallest absolute Gasteiger partial charge is 0.384 e. The molecule has 0 aromatic rings. The van der Waals surface area contributed by atoms with E-state index >= 15 is 0 Å². The van der Waals surface area contributed by atoms with E-state index in [0.717, 1.165) is 11.8 Å². The zero-order valence-electron chi connectivity index (χ0n) is 12.0. The second-order valence-corrected chi connectivity index (χ2v) is 5.67. The summed E-state index contributed by atoms with van der Waals surface area (Å²) in [7, 11) is 1.93. The van der Waals surface area contributed by atoms with Crippen molar-refractivity contribution < 1.29 is 23.6 Å². The van der Waals surface area contributed by atoms with Gasteiger partial charge in [0.25, 0.3) is 0 Å². The maximum atomic E-state index is 5.80. The van der Waals surface area contributed by atoms with Gasteiger partial charge in [-0.2, -0.15) is 18.8 Å². The topological polar surface area (TPSA) is 9.23 Å². The SMILES string of the molecule is CCCC[C-]1C[C@H]1[C@H](OC)C1CCCCC1.[Li+]. The van der Waals surface area contributed by atoms with E-state index in [2.05, 4.69) is 6.92 Å². The van der Waals surface area contributed by atoms with Crippen LogP contribution in [0.5, 0.6) is 0 Å². The number of ether oxygens (including phenoxy) is 1. The van der Waals surface area contributed by atoms with Gasteiger partial charge in [0.2, 0.25) is 0 Å². The third-order valence-corrected chi connectivity index (χ3v) is 4.48. The Morgan fingerprint density at radius 3 is 2.53 bits per heavy atom. The van der Waals surface area contributed by atoms with Crippen molar-refractivity contribution in [2.75, 3.05) is 7.11 Å². The van der Waals surface area contributed by atoms with Gasteiger partial charge in [0.05, 0.1) is 0 Å². The molecule has 0 unspecified atom stereocenters. The molecular formula is C15H27LiO. The minimum atomic E-state index is 0. The van der Waals surface area contributed by atoms with Gasteiger partial charge in [-0.05, 0) is 18.8 Å². The standard InChI is InChI=1S/C15H27O.Li/c1-3-4-8-13-11-14(13)15(16-2)12-9-6-5-7-10-12;/h12,14-15H,3-11H2,1-2H3;/q-1;+1/t14-,15-;/m1./s1. The molecule has 2 aliphatic carbocycles. The van der Waals surface area contributed by atoms with Gasteiger partial charge in [-0.25, -0.2) is 0 Å². The fraction of sp³-hybridized carbons (Fsp3) is 0.933. The van der Waals surface area contributed by atoms with Gasteiger partial charge in [-0.3, -0.25) is 0 Å². The number of unbranched alkanes of at least 4 members (excludes halogenated alkanes) is 1. The molecule has 2 rings (SSSR count). The maximum absolute atomic E-state index is 5.80. The van der Waals surface area contributed by atoms with E-state index in [4.69, 9.17) is 4.74 Å². The van der Waals surface area contributed by atoms with Crippen LogP contribution in [0.25, 0.3) is 0 Å². The average molecular weight is 230 g/mol. The van der Waals surface area contributed by atoms with E-state index in [9.17, 15) is 0 Å². The van der Waals surface area contributed by atoms with Gasteiger partial charge < -0.3 is 10.7 Å². The minimum Gasteiger partial charge on any atom is -0.384 e. The van der Waals surface area contributed by atoms with Crippen LogP contribution in [0.2, 0.25) is 0 Å². The average Bonchev–Trinajstić information content (AvgIpc) is 3.08. The molecule has 0 radical (unpaired) electrons. The molecule has 94 valence electrons. The van der Waals surface area contributed by atoms with Crippen molar-refractivity contribution in [3.63, 3.8) is 0 Å². The predicted octanol–water partition coefficient (Wildman–Crippen LogP) is 1.37. The van der Waals surface area contributed by atoms with Crippen molar-refractivity contribution in [1.29, 1.82) is 0 Å². The van der Waals surface area contributed by atoms with Crippen LogP contribution in [-0.2, 0) is 4.74 Å². The van der Waals surface area contributed by atoms with Crippen LogP contribution in [0.1, 0.15) is 64.7 Å². The second kappa shape index (κ2) is 7.88. The normalized spacial score (nSPS) is 27.5. The quantitative estimate of drug-likeness (QED) is 0.495. The Labute approximate surface area is 119 Å². The molecule has 0 N–H and O–H groups in total. The predicted molar refractivity (Wildman–Crippen MR) is 68.2 cm³/mol. The number of hydrogen-bond acceptors (Lipinski definition) is 1. The molecule has 0 aliphatic heterocycles. The summed E-state index contributed by atoms with van der Waals surface area (Å²) < 4.78 is 5.80. The Bertz CT molecular complexity index is 201. The van der Waals surface area contributed by atoms with Crippen LogP contribution in [0.3, 0.4) is 0 Å². The molecule has 1 nitrogen and oxygen atoms in total. The Hall–Kier alpha value is 0.557. The molecule has 0 saturated heterocycles. The van der Waals surface area contributed by atoms with Crippen molar-refractivity contribution in [3.05, 3.63) is 5.92 Å². The van der Waals surface area contributed by atoms with Crippen LogP contribution < -0.4 is 18.9 Å². The van der Waals surface area contributed by atoms with Gasteiger partial charge >= 0.3 is 18.9 Å². The summed E-state index contributed by atoms with van der Waals surface area (Å²) in [6, 6.07) is 0. The minimum absolute atomic E-state index is 0.